The maximum atomic E-state index is 14.8. The number of sulfonamides is 2. The third-order valence-corrected chi connectivity index (χ3v) is 18.9. The number of amides is 2. The van der Waals surface area contributed by atoms with Crippen molar-refractivity contribution >= 4 is 99.6 Å². The van der Waals surface area contributed by atoms with Gasteiger partial charge in [-0.05, 0) is 138 Å². The third-order valence-electron chi connectivity index (χ3n) is 16.6. The Balaban J connectivity index is 0.000000179. The molecule has 2 amide bonds. The molecule has 13 rings (SSSR count). The third kappa shape index (κ3) is 11.7. The minimum Gasteiger partial charge on any atom is -0.481 e. The van der Waals surface area contributed by atoms with Gasteiger partial charge < -0.3 is 24.6 Å². The number of benzene rings is 6. The first-order chi connectivity index (χ1) is 44.3. The molecule has 5 aromatic heterocycles. The van der Waals surface area contributed by atoms with E-state index in [0.29, 0.717) is 96.6 Å². The number of aromatic nitrogens is 3. The number of carbonyl (C=O) groups is 4. The molecule has 0 fully saturated rings. The highest BCUT2D eigenvalue weighted by molar-refractivity contribution is 7.92. The number of nitrogens with one attached hydrogen (secondary N) is 2. The Labute approximate surface area is 529 Å². The Kier molecular flexibility index (Phi) is 16.2. The fraction of sp³-hybridized carbons (Fsp3) is 0.159. The summed E-state index contributed by atoms with van der Waals surface area (Å²) >= 11 is 0. The molecule has 24 heteroatoms. The van der Waals surface area contributed by atoms with Crippen LogP contribution in [0.2, 0.25) is 0 Å². The average molecular weight is 1300 g/mol. The Morgan fingerprint density at radius 2 is 1.13 bits per heavy atom. The van der Waals surface area contributed by atoms with E-state index >= 15 is 0 Å². The summed E-state index contributed by atoms with van der Waals surface area (Å²) in [5, 5.41) is 15.7. The predicted molar refractivity (Wildman–Crippen MR) is 347 cm³/mol. The number of carboxylic acids is 1. The van der Waals surface area contributed by atoms with Crippen LogP contribution in [0.4, 0.5) is 28.9 Å². The van der Waals surface area contributed by atoms with E-state index in [1.807, 2.05) is 12.1 Å². The number of rotatable bonds is 14. The molecular weight excluding hydrogens is 1240 g/mol. The van der Waals surface area contributed by atoms with Crippen molar-refractivity contribution in [2.75, 3.05) is 49.3 Å². The number of carbonyl (C=O) groups excluding carboxylic acids is 3. The molecule has 11 aromatic rings. The highest BCUT2D eigenvalue weighted by atomic mass is 32.2. The van der Waals surface area contributed by atoms with Crippen LogP contribution in [0.25, 0.3) is 101 Å². The molecule has 93 heavy (non-hydrogen) atoms. The molecule has 1 aliphatic heterocycles. The van der Waals surface area contributed by atoms with Crippen molar-refractivity contribution in [2.24, 2.45) is 0 Å². The van der Waals surface area contributed by atoms with Crippen LogP contribution in [0.15, 0.2) is 148 Å². The van der Waals surface area contributed by atoms with Crippen molar-refractivity contribution in [3.63, 3.8) is 0 Å². The van der Waals surface area contributed by atoms with Crippen molar-refractivity contribution in [1.29, 1.82) is 0 Å². The molecule has 3 N–H and O–H groups in total. The van der Waals surface area contributed by atoms with Crippen LogP contribution >= 0.6 is 0 Å². The molecule has 0 spiro atoms. The van der Waals surface area contributed by atoms with Crippen molar-refractivity contribution in [2.45, 2.75) is 32.1 Å². The number of pyridine rings is 2. The van der Waals surface area contributed by atoms with E-state index in [1.54, 1.807) is 60.7 Å². The molecule has 0 atom stereocenters. The van der Waals surface area contributed by atoms with Gasteiger partial charge in [-0.2, -0.15) is 0 Å². The SMILES string of the molecule is CNC(=O)c1c(-c2ccc(F)cc2)oc2cc(N(C)S(C)(=O)=O)c(-c3ccc(CCC(=O)O)c(C4=Cc5c(F)cccc5C4)n3)cc12.CNC(=O)c1c(-c2ccc(F)cc2)oc2cc(N(C)S(C)(=O)=O)c(-c3ccc4c(n3)-c3cc5c(F)cccc5n3C(=O)CC4)cc12. The Morgan fingerprint density at radius 1 is 0.613 bits per heavy atom. The molecule has 18 nitrogen and oxygen atoms in total. The molecule has 0 saturated heterocycles. The van der Waals surface area contributed by atoms with E-state index < -0.39 is 55.3 Å². The van der Waals surface area contributed by atoms with Gasteiger partial charge in [-0.25, -0.2) is 44.4 Å². The van der Waals surface area contributed by atoms with Gasteiger partial charge >= 0.3 is 5.97 Å². The van der Waals surface area contributed by atoms with Gasteiger partial charge in [0.05, 0.1) is 69.0 Å². The number of hydrogen-bond acceptors (Lipinski definition) is 12. The molecule has 2 aliphatic rings. The summed E-state index contributed by atoms with van der Waals surface area (Å²) in [6.07, 6.45) is 4.76. The number of fused-ring (bicyclic) bond motifs is 8. The lowest BCUT2D eigenvalue weighted by atomic mass is 9.97. The van der Waals surface area contributed by atoms with Gasteiger partial charge in [-0.3, -0.25) is 32.4 Å². The van der Waals surface area contributed by atoms with Gasteiger partial charge in [0, 0.05) is 104 Å². The van der Waals surface area contributed by atoms with E-state index in [0.717, 1.165) is 32.2 Å². The second-order valence-electron chi connectivity index (χ2n) is 22.4. The summed E-state index contributed by atoms with van der Waals surface area (Å²) < 4.78 is 124. The Morgan fingerprint density at radius 3 is 1.65 bits per heavy atom. The van der Waals surface area contributed by atoms with Crippen molar-refractivity contribution in [3.8, 4) is 56.6 Å². The van der Waals surface area contributed by atoms with Crippen LogP contribution in [0.5, 0.6) is 0 Å². The Bertz CT molecular complexity index is 5240. The predicted octanol–water partition coefficient (Wildman–Crippen LogP) is 12.7. The van der Waals surface area contributed by atoms with Crippen molar-refractivity contribution in [3.05, 3.63) is 202 Å². The molecular formula is C69H55F4N7O11S2. The molecule has 6 aromatic carbocycles. The maximum absolute atomic E-state index is 14.8. The van der Waals surface area contributed by atoms with Gasteiger partial charge in [0.15, 0.2) is 0 Å². The summed E-state index contributed by atoms with van der Waals surface area (Å²) in [6, 6.07) is 35.1. The monoisotopic (exact) mass is 1300 g/mol. The first-order valence-corrected chi connectivity index (χ1v) is 32.6. The van der Waals surface area contributed by atoms with Gasteiger partial charge in [0.1, 0.15) is 46.0 Å². The fourth-order valence-electron chi connectivity index (χ4n) is 11.8. The lowest BCUT2D eigenvalue weighted by Gasteiger charge is -2.21. The number of nitrogens with zero attached hydrogens (tertiary/aromatic N) is 5. The summed E-state index contributed by atoms with van der Waals surface area (Å²) in [6.45, 7) is 0. The van der Waals surface area contributed by atoms with Crippen LogP contribution in [0.1, 0.15) is 66.3 Å². The molecule has 6 heterocycles. The zero-order valence-corrected chi connectivity index (χ0v) is 52.1. The highest BCUT2D eigenvalue weighted by Gasteiger charge is 2.32. The Hall–Kier alpha value is -10.7. The number of hydrogen-bond donors (Lipinski definition) is 3. The largest absolute Gasteiger partial charge is 0.481 e. The topological polar surface area (TPSA) is 244 Å². The quantitative estimate of drug-likeness (QED) is 0.0859. The second kappa shape index (κ2) is 24.1. The number of anilines is 2. The summed E-state index contributed by atoms with van der Waals surface area (Å²) in [5.41, 5.74) is 8.50. The van der Waals surface area contributed by atoms with E-state index in [4.69, 9.17) is 18.8 Å². The number of furan rings is 2. The summed E-state index contributed by atoms with van der Waals surface area (Å²) in [7, 11) is -1.88. The van der Waals surface area contributed by atoms with Gasteiger partial charge in [0.2, 0.25) is 26.0 Å². The number of allylic oxidation sites excluding steroid dienone is 1. The average Bonchev–Trinajstić information content (AvgIpc) is 1.72. The molecule has 0 bridgehead atoms. The minimum absolute atomic E-state index is 0.159. The van der Waals surface area contributed by atoms with Gasteiger partial charge in [0.25, 0.3) is 11.8 Å². The van der Waals surface area contributed by atoms with Gasteiger partial charge in [-0.1, -0.05) is 30.3 Å². The second-order valence-corrected chi connectivity index (χ2v) is 26.4. The first kappa shape index (κ1) is 62.5. The molecule has 0 saturated carbocycles. The minimum atomic E-state index is -3.80. The number of aliphatic carboxylic acids is 1. The van der Waals surface area contributed by atoms with Gasteiger partial charge in [-0.15, -0.1) is 0 Å². The zero-order chi connectivity index (χ0) is 66.1. The molecule has 1 aliphatic carbocycles. The summed E-state index contributed by atoms with van der Waals surface area (Å²) in [4.78, 5) is 61.1. The van der Waals surface area contributed by atoms with Crippen LogP contribution in [0, 0.1) is 23.3 Å². The van der Waals surface area contributed by atoms with Crippen LogP contribution < -0.4 is 19.2 Å². The fourth-order valence-corrected chi connectivity index (χ4v) is 12.8. The van der Waals surface area contributed by atoms with E-state index in [2.05, 4.69) is 10.6 Å². The standard InChI is InChI=1S/C35H29F2N3O6S.C34H26F2N4O5S/c1-38-35(43)32-26-17-25(29(40(2)47(3,44)45)18-30(26)46-34(32)20-7-11-23(36)12-8-20)28-13-9-19(10-14-31(41)42)33(39-28)22-15-21-5-4-6-27(37)24(21)16-22;1-37-34(42)31-23-15-22(27(39(2)46(3,43)44)17-29(23)45-33(31)19-7-11-20(35)12-8-19)25-13-9-18-10-14-30(41)40-26-6-4-5-24(36)21(26)16-28(40)32(18)38-25/h4-9,11-13,16-18H,10,14-15H2,1-3H3,(H,38,43)(H,41,42);4-9,11-13,15-17H,10,14H2,1-3H3,(H,37,42). The maximum Gasteiger partial charge on any atom is 0.303 e. The highest BCUT2D eigenvalue weighted by Crippen LogP contribution is 2.45. The number of halogens is 4. The smallest absolute Gasteiger partial charge is 0.303 e. The molecule has 472 valence electrons. The number of aryl methyl sites for hydroxylation is 2. The first-order valence-electron chi connectivity index (χ1n) is 28.9. The molecule has 0 radical (unpaired) electrons. The summed E-state index contributed by atoms with van der Waals surface area (Å²) in [5.74, 6) is -3.57. The van der Waals surface area contributed by atoms with Crippen LogP contribution in [-0.4, -0.2) is 101 Å². The lowest BCUT2D eigenvalue weighted by Crippen LogP contribution is -2.25. The van der Waals surface area contributed by atoms with E-state index in [9.17, 15) is 58.7 Å². The molecule has 0 unspecified atom stereocenters. The number of carboxylic acid groups (broad SMARTS) is 1. The van der Waals surface area contributed by atoms with Crippen LogP contribution in [0.3, 0.4) is 0 Å². The van der Waals surface area contributed by atoms with E-state index in [1.165, 1.54) is 106 Å². The normalized spacial score (nSPS) is 12.8. The van der Waals surface area contributed by atoms with Crippen LogP contribution in [-0.2, 0) is 44.1 Å². The van der Waals surface area contributed by atoms with E-state index in [-0.39, 0.29) is 81.6 Å². The zero-order valence-electron chi connectivity index (χ0n) is 50.5. The van der Waals surface area contributed by atoms with Crippen molar-refractivity contribution < 1.29 is 67.5 Å². The van der Waals surface area contributed by atoms with Crippen molar-refractivity contribution in [1.82, 2.24) is 25.2 Å². The lowest BCUT2D eigenvalue weighted by molar-refractivity contribution is -0.137.